The van der Waals surface area contributed by atoms with Crippen LogP contribution in [0.1, 0.15) is 45.2 Å². The van der Waals surface area contributed by atoms with Crippen molar-refractivity contribution in [2.24, 2.45) is 0 Å². The Kier molecular flexibility index (Phi) is 5.11. The number of benzene rings is 1. The SMILES string of the molecule is CN1C(=O)CC[C@@H](NC(=O)OC(C)(C)C)[C@@H]1c1cc(F)ccc1F. The van der Waals surface area contributed by atoms with E-state index in [4.69, 9.17) is 4.74 Å². The number of nitrogens with one attached hydrogen (secondary N) is 1. The Labute approximate surface area is 140 Å². The number of halogens is 2. The van der Waals surface area contributed by atoms with Crippen LogP contribution in [0.25, 0.3) is 0 Å². The number of alkyl carbamates (subject to hydrolysis) is 1. The standard InChI is InChI=1S/C17H22F2N2O3/c1-17(2,3)24-16(23)20-13-7-8-14(22)21(4)15(13)11-9-10(18)5-6-12(11)19/h5-6,9,13,15H,7-8H2,1-4H3,(H,20,23)/t13-,15+/m1/s1. The summed E-state index contributed by atoms with van der Waals surface area (Å²) in [6, 6.07) is 1.72. The highest BCUT2D eigenvalue weighted by atomic mass is 19.1. The number of likely N-dealkylation sites (N-methyl/N-ethyl adjacent to an activating group) is 1. The summed E-state index contributed by atoms with van der Waals surface area (Å²) in [7, 11) is 1.51. The van der Waals surface area contributed by atoms with E-state index < -0.39 is 35.4 Å². The fourth-order valence-corrected chi connectivity index (χ4v) is 2.81. The van der Waals surface area contributed by atoms with Gasteiger partial charge in [-0.2, -0.15) is 0 Å². The summed E-state index contributed by atoms with van der Waals surface area (Å²) in [4.78, 5) is 25.4. The third kappa shape index (κ3) is 4.21. The number of rotatable bonds is 2. The van der Waals surface area contributed by atoms with E-state index in [2.05, 4.69) is 5.32 Å². The molecule has 0 spiro atoms. The van der Waals surface area contributed by atoms with Gasteiger partial charge < -0.3 is 15.0 Å². The summed E-state index contributed by atoms with van der Waals surface area (Å²) in [6.07, 6.45) is -0.120. The highest BCUT2D eigenvalue weighted by molar-refractivity contribution is 5.78. The molecule has 24 heavy (non-hydrogen) atoms. The number of hydrogen-bond acceptors (Lipinski definition) is 3. The van der Waals surface area contributed by atoms with Gasteiger partial charge in [0.2, 0.25) is 5.91 Å². The second-order valence-corrected chi connectivity index (χ2v) is 6.91. The van der Waals surface area contributed by atoms with Crippen molar-refractivity contribution in [3.63, 3.8) is 0 Å². The highest BCUT2D eigenvalue weighted by Gasteiger charge is 2.38. The number of ether oxygens (including phenoxy) is 1. The minimum atomic E-state index is -0.797. The minimum Gasteiger partial charge on any atom is -0.444 e. The van der Waals surface area contributed by atoms with Gasteiger partial charge in [-0.15, -0.1) is 0 Å². The van der Waals surface area contributed by atoms with Crippen LogP contribution in [0.4, 0.5) is 13.6 Å². The van der Waals surface area contributed by atoms with E-state index in [1.807, 2.05) is 0 Å². The zero-order valence-corrected chi connectivity index (χ0v) is 14.2. The molecule has 0 saturated carbocycles. The summed E-state index contributed by atoms with van der Waals surface area (Å²) in [5.41, 5.74) is -0.647. The Balaban J connectivity index is 2.29. The van der Waals surface area contributed by atoms with Crippen LogP contribution in [0.3, 0.4) is 0 Å². The Hall–Kier alpha value is -2.18. The van der Waals surface area contributed by atoms with E-state index in [0.717, 1.165) is 18.2 Å². The second-order valence-electron chi connectivity index (χ2n) is 6.91. The molecule has 1 fully saturated rings. The second kappa shape index (κ2) is 6.75. The number of piperidine rings is 1. The predicted octanol–water partition coefficient (Wildman–Crippen LogP) is 3.15. The lowest BCUT2D eigenvalue weighted by Gasteiger charge is -2.39. The highest BCUT2D eigenvalue weighted by Crippen LogP contribution is 2.33. The summed E-state index contributed by atoms with van der Waals surface area (Å²) in [5, 5.41) is 2.68. The third-order valence-corrected chi connectivity index (χ3v) is 3.84. The Morgan fingerprint density at radius 1 is 1.33 bits per heavy atom. The first kappa shape index (κ1) is 18.2. The summed E-state index contributed by atoms with van der Waals surface area (Å²) < 4.78 is 33.0. The fraction of sp³-hybridized carbons (Fsp3) is 0.529. The van der Waals surface area contributed by atoms with Crippen LogP contribution in [0, 0.1) is 11.6 Å². The molecular weight excluding hydrogens is 318 g/mol. The number of hydrogen-bond donors (Lipinski definition) is 1. The Morgan fingerprint density at radius 2 is 2.00 bits per heavy atom. The molecule has 1 heterocycles. The molecule has 1 aromatic carbocycles. The van der Waals surface area contributed by atoms with Gasteiger partial charge in [0.15, 0.2) is 0 Å². The zero-order chi connectivity index (χ0) is 18.1. The molecule has 2 amide bonds. The molecule has 5 nitrogen and oxygen atoms in total. The van der Waals surface area contributed by atoms with Gasteiger partial charge in [-0.25, -0.2) is 13.6 Å². The molecule has 0 unspecified atom stereocenters. The monoisotopic (exact) mass is 340 g/mol. The lowest BCUT2D eigenvalue weighted by atomic mass is 9.90. The molecule has 2 rings (SSSR count). The molecule has 0 bridgehead atoms. The predicted molar refractivity (Wildman–Crippen MR) is 84.3 cm³/mol. The Morgan fingerprint density at radius 3 is 2.62 bits per heavy atom. The molecule has 132 valence electrons. The number of nitrogens with zero attached hydrogens (tertiary/aromatic N) is 1. The largest absolute Gasteiger partial charge is 0.444 e. The van der Waals surface area contributed by atoms with Crippen LogP contribution in [0.15, 0.2) is 18.2 Å². The van der Waals surface area contributed by atoms with Crippen molar-refractivity contribution in [1.82, 2.24) is 10.2 Å². The van der Waals surface area contributed by atoms with Gasteiger partial charge in [0.25, 0.3) is 0 Å². The molecule has 7 heteroatoms. The average molecular weight is 340 g/mol. The first-order chi connectivity index (χ1) is 11.1. The lowest BCUT2D eigenvalue weighted by molar-refractivity contribution is -0.136. The van der Waals surface area contributed by atoms with Crippen molar-refractivity contribution in [2.75, 3.05) is 7.05 Å². The maximum Gasteiger partial charge on any atom is 0.407 e. The topological polar surface area (TPSA) is 58.6 Å². The van der Waals surface area contributed by atoms with E-state index in [1.54, 1.807) is 20.8 Å². The van der Waals surface area contributed by atoms with Gasteiger partial charge in [0.1, 0.15) is 17.2 Å². The van der Waals surface area contributed by atoms with Gasteiger partial charge >= 0.3 is 6.09 Å². The van der Waals surface area contributed by atoms with Crippen molar-refractivity contribution < 1.29 is 23.1 Å². The molecule has 0 aromatic heterocycles. The van der Waals surface area contributed by atoms with Crippen LogP contribution in [0.5, 0.6) is 0 Å². The minimum absolute atomic E-state index is 0.0339. The molecule has 1 saturated heterocycles. The number of likely N-dealkylation sites (tertiary alicyclic amines) is 1. The fourth-order valence-electron chi connectivity index (χ4n) is 2.81. The van der Waals surface area contributed by atoms with E-state index >= 15 is 0 Å². The van der Waals surface area contributed by atoms with E-state index in [9.17, 15) is 18.4 Å². The third-order valence-electron chi connectivity index (χ3n) is 3.84. The van der Waals surface area contributed by atoms with Gasteiger partial charge in [0.05, 0.1) is 12.1 Å². The van der Waals surface area contributed by atoms with Gasteiger partial charge in [0, 0.05) is 19.0 Å². The quantitative estimate of drug-likeness (QED) is 0.900. The van der Waals surface area contributed by atoms with Crippen LogP contribution in [-0.2, 0) is 9.53 Å². The maximum atomic E-state index is 14.2. The van der Waals surface area contributed by atoms with Crippen molar-refractivity contribution >= 4 is 12.0 Å². The van der Waals surface area contributed by atoms with Crippen LogP contribution < -0.4 is 5.32 Å². The number of carbonyl (C=O) groups is 2. The van der Waals surface area contributed by atoms with Crippen molar-refractivity contribution in [1.29, 1.82) is 0 Å². The molecule has 0 radical (unpaired) electrons. The van der Waals surface area contributed by atoms with Crippen molar-refractivity contribution in [2.45, 2.75) is 51.3 Å². The average Bonchev–Trinajstić information content (AvgIpc) is 2.44. The molecule has 0 aliphatic carbocycles. The van der Waals surface area contributed by atoms with Crippen LogP contribution in [0.2, 0.25) is 0 Å². The molecule has 2 atom stereocenters. The Bertz CT molecular complexity index is 643. The smallest absolute Gasteiger partial charge is 0.407 e. The van der Waals surface area contributed by atoms with Crippen LogP contribution in [-0.4, -0.2) is 35.6 Å². The van der Waals surface area contributed by atoms with Crippen LogP contribution >= 0.6 is 0 Å². The first-order valence-electron chi connectivity index (χ1n) is 7.78. The molecule has 1 aliphatic rings. The summed E-state index contributed by atoms with van der Waals surface area (Å²) in [5.74, 6) is -1.42. The number of carbonyl (C=O) groups excluding carboxylic acids is 2. The molecule has 1 aliphatic heterocycles. The zero-order valence-electron chi connectivity index (χ0n) is 14.2. The normalized spacial score (nSPS) is 21.6. The molecular formula is C17H22F2N2O3. The maximum absolute atomic E-state index is 14.2. The van der Waals surface area contributed by atoms with Gasteiger partial charge in [-0.1, -0.05) is 0 Å². The molecule has 1 N–H and O–H groups in total. The van der Waals surface area contributed by atoms with Crippen molar-refractivity contribution in [3.05, 3.63) is 35.4 Å². The van der Waals surface area contributed by atoms with Crippen molar-refractivity contribution in [3.8, 4) is 0 Å². The molecule has 1 aromatic rings. The van der Waals surface area contributed by atoms with E-state index in [-0.39, 0.29) is 17.9 Å². The van der Waals surface area contributed by atoms with E-state index in [1.165, 1.54) is 11.9 Å². The van der Waals surface area contributed by atoms with Gasteiger partial charge in [-0.3, -0.25) is 4.79 Å². The van der Waals surface area contributed by atoms with E-state index in [0.29, 0.717) is 6.42 Å². The summed E-state index contributed by atoms with van der Waals surface area (Å²) in [6.45, 7) is 5.19. The van der Waals surface area contributed by atoms with Gasteiger partial charge in [-0.05, 0) is 45.4 Å². The lowest BCUT2D eigenvalue weighted by Crippen LogP contribution is -2.51. The first-order valence-corrected chi connectivity index (χ1v) is 7.78. The summed E-state index contributed by atoms with van der Waals surface area (Å²) >= 11 is 0. The number of amides is 2.